The second kappa shape index (κ2) is 6.29. The Kier molecular flexibility index (Phi) is 4.85. The number of amides is 1. The molecule has 2 rings (SSSR count). The van der Waals surface area contributed by atoms with Gasteiger partial charge in [0, 0.05) is 31.6 Å². The fourth-order valence-corrected chi connectivity index (χ4v) is 3.75. The van der Waals surface area contributed by atoms with Gasteiger partial charge in [-0.3, -0.25) is 4.79 Å². The van der Waals surface area contributed by atoms with Crippen molar-refractivity contribution >= 4 is 27.5 Å². The summed E-state index contributed by atoms with van der Waals surface area (Å²) in [6.45, 7) is 0.716. The molecule has 1 fully saturated rings. The van der Waals surface area contributed by atoms with Crippen molar-refractivity contribution in [3.63, 3.8) is 0 Å². The molecule has 8 heteroatoms. The summed E-state index contributed by atoms with van der Waals surface area (Å²) in [5, 5.41) is 0.206. The van der Waals surface area contributed by atoms with Crippen LogP contribution in [0.1, 0.15) is 12.0 Å². The zero-order chi connectivity index (χ0) is 15.6. The first-order valence-electron chi connectivity index (χ1n) is 6.42. The summed E-state index contributed by atoms with van der Waals surface area (Å²) in [4.78, 5) is 12.9. The van der Waals surface area contributed by atoms with E-state index in [1.54, 1.807) is 11.9 Å². The molecule has 0 aliphatic carbocycles. The van der Waals surface area contributed by atoms with Crippen molar-refractivity contribution in [2.24, 2.45) is 5.92 Å². The van der Waals surface area contributed by atoms with Gasteiger partial charge in [0.25, 0.3) is 0 Å². The minimum atomic E-state index is -3.63. The summed E-state index contributed by atoms with van der Waals surface area (Å²) in [6.07, 6.45) is 0.333. The highest BCUT2D eigenvalue weighted by Crippen LogP contribution is 2.20. The Morgan fingerprint density at radius 1 is 1.48 bits per heavy atom. The van der Waals surface area contributed by atoms with Gasteiger partial charge in [0.2, 0.25) is 15.9 Å². The molecule has 21 heavy (non-hydrogen) atoms. The molecule has 1 aliphatic rings. The molecule has 1 unspecified atom stereocenters. The van der Waals surface area contributed by atoms with Crippen molar-refractivity contribution in [1.82, 2.24) is 9.62 Å². The summed E-state index contributed by atoms with van der Waals surface area (Å²) < 4.78 is 39.6. The first-order chi connectivity index (χ1) is 9.77. The van der Waals surface area contributed by atoms with Crippen LogP contribution in [0.2, 0.25) is 5.02 Å². The monoisotopic (exact) mass is 334 g/mol. The first-order valence-corrected chi connectivity index (χ1v) is 8.45. The largest absolute Gasteiger partial charge is 0.345 e. The van der Waals surface area contributed by atoms with Gasteiger partial charge < -0.3 is 4.90 Å². The van der Waals surface area contributed by atoms with Crippen LogP contribution in [0.3, 0.4) is 0 Å². The minimum absolute atomic E-state index is 0.00683. The van der Waals surface area contributed by atoms with Gasteiger partial charge in [-0.25, -0.2) is 17.5 Å². The molecule has 1 aromatic carbocycles. The molecule has 0 spiro atoms. The Morgan fingerprint density at radius 2 is 2.19 bits per heavy atom. The van der Waals surface area contributed by atoms with Crippen LogP contribution in [0, 0.1) is 11.7 Å². The number of rotatable bonds is 5. The number of carbonyl (C=O) groups excluding carboxylic acids is 1. The molecule has 1 aliphatic heterocycles. The van der Waals surface area contributed by atoms with E-state index in [4.69, 9.17) is 11.6 Å². The minimum Gasteiger partial charge on any atom is -0.345 e. The second-order valence-corrected chi connectivity index (χ2v) is 7.40. The van der Waals surface area contributed by atoms with E-state index >= 15 is 0 Å². The average molecular weight is 335 g/mol. The van der Waals surface area contributed by atoms with E-state index in [2.05, 4.69) is 4.72 Å². The number of nitrogens with zero attached hydrogens (tertiary/aromatic N) is 1. The number of hydrogen-bond donors (Lipinski definition) is 1. The summed E-state index contributed by atoms with van der Waals surface area (Å²) in [6, 6.07) is 3.60. The maximum absolute atomic E-state index is 13.1. The summed E-state index contributed by atoms with van der Waals surface area (Å²) in [5.41, 5.74) is 0.212. The smallest absolute Gasteiger partial charge is 0.222 e. The van der Waals surface area contributed by atoms with E-state index in [1.807, 2.05) is 0 Å². The van der Waals surface area contributed by atoms with Gasteiger partial charge in [0.05, 0.1) is 5.75 Å². The zero-order valence-electron chi connectivity index (χ0n) is 11.5. The van der Waals surface area contributed by atoms with Crippen LogP contribution in [0.4, 0.5) is 4.39 Å². The number of halogens is 2. The quantitative estimate of drug-likeness (QED) is 0.884. The molecule has 1 atom stereocenters. The number of carbonyl (C=O) groups is 1. The maximum Gasteiger partial charge on any atom is 0.222 e. The van der Waals surface area contributed by atoms with Crippen LogP contribution in [-0.4, -0.2) is 39.4 Å². The molecular formula is C13H16ClFN2O3S. The van der Waals surface area contributed by atoms with Gasteiger partial charge in [-0.15, -0.1) is 0 Å². The highest BCUT2D eigenvalue weighted by molar-refractivity contribution is 7.88. The highest BCUT2D eigenvalue weighted by atomic mass is 35.5. The van der Waals surface area contributed by atoms with Crippen molar-refractivity contribution in [3.8, 4) is 0 Å². The Hall–Kier alpha value is -1.18. The van der Waals surface area contributed by atoms with Crippen molar-refractivity contribution in [3.05, 3.63) is 34.6 Å². The SMILES string of the molecule is CN1CC(CNS(=O)(=O)Cc2cc(F)ccc2Cl)CC1=O. The molecular weight excluding hydrogens is 319 g/mol. The Labute approximate surface area is 128 Å². The van der Waals surface area contributed by atoms with Gasteiger partial charge in [-0.05, 0) is 29.7 Å². The number of nitrogens with one attached hydrogen (secondary N) is 1. The molecule has 1 amide bonds. The Morgan fingerprint density at radius 3 is 2.81 bits per heavy atom. The van der Waals surface area contributed by atoms with Crippen molar-refractivity contribution in [2.75, 3.05) is 20.1 Å². The lowest BCUT2D eigenvalue weighted by molar-refractivity contribution is -0.126. The molecule has 1 aromatic rings. The van der Waals surface area contributed by atoms with Gasteiger partial charge in [0.1, 0.15) is 5.82 Å². The van der Waals surface area contributed by atoms with Crippen molar-refractivity contribution < 1.29 is 17.6 Å². The second-order valence-electron chi connectivity index (χ2n) is 5.19. The lowest BCUT2D eigenvalue weighted by atomic mass is 10.1. The van der Waals surface area contributed by atoms with Gasteiger partial charge >= 0.3 is 0 Å². The summed E-state index contributed by atoms with van der Waals surface area (Å²) in [7, 11) is -1.94. The fourth-order valence-electron chi connectivity index (χ4n) is 2.25. The zero-order valence-corrected chi connectivity index (χ0v) is 13.0. The van der Waals surface area contributed by atoms with Gasteiger partial charge in [-0.2, -0.15) is 0 Å². The number of hydrogen-bond acceptors (Lipinski definition) is 3. The molecule has 116 valence electrons. The van der Waals surface area contributed by atoms with Crippen molar-refractivity contribution in [1.29, 1.82) is 0 Å². The van der Waals surface area contributed by atoms with Crippen LogP contribution in [0.25, 0.3) is 0 Å². The fraction of sp³-hybridized carbons (Fsp3) is 0.462. The van der Waals surface area contributed by atoms with E-state index in [0.717, 1.165) is 6.07 Å². The van der Waals surface area contributed by atoms with Crippen LogP contribution >= 0.6 is 11.6 Å². The Bertz CT molecular complexity index is 651. The third-order valence-corrected chi connectivity index (χ3v) is 5.03. The molecule has 5 nitrogen and oxygen atoms in total. The molecule has 1 N–H and O–H groups in total. The molecule has 0 bridgehead atoms. The third-order valence-electron chi connectivity index (χ3n) is 3.37. The third kappa shape index (κ3) is 4.39. The van der Waals surface area contributed by atoms with Crippen LogP contribution in [-0.2, 0) is 20.6 Å². The molecule has 1 heterocycles. The van der Waals surface area contributed by atoms with Gasteiger partial charge in [-0.1, -0.05) is 11.6 Å². The van der Waals surface area contributed by atoms with E-state index < -0.39 is 15.8 Å². The normalized spacial score (nSPS) is 19.3. The molecule has 0 radical (unpaired) electrons. The number of sulfonamides is 1. The predicted octanol–water partition coefficient (Wildman–Crippen LogP) is 1.38. The predicted molar refractivity (Wildman–Crippen MR) is 77.8 cm³/mol. The number of likely N-dealkylation sites (tertiary alicyclic amines) is 1. The lowest BCUT2D eigenvalue weighted by Crippen LogP contribution is -2.31. The molecule has 0 aromatic heterocycles. The summed E-state index contributed by atoms with van der Waals surface area (Å²) >= 11 is 5.86. The van der Waals surface area contributed by atoms with E-state index in [1.165, 1.54) is 12.1 Å². The number of benzene rings is 1. The highest BCUT2D eigenvalue weighted by Gasteiger charge is 2.27. The van der Waals surface area contributed by atoms with Crippen LogP contribution < -0.4 is 4.72 Å². The van der Waals surface area contributed by atoms with E-state index in [0.29, 0.717) is 13.0 Å². The first kappa shape index (κ1) is 16.2. The van der Waals surface area contributed by atoms with Crippen molar-refractivity contribution in [2.45, 2.75) is 12.2 Å². The average Bonchev–Trinajstić information content (AvgIpc) is 2.71. The topological polar surface area (TPSA) is 66.5 Å². The Balaban J connectivity index is 1.96. The molecule has 0 saturated carbocycles. The van der Waals surface area contributed by atoms with E-state index in [9.17, 15) is 17.6 Å². The lowest BCUT2D eigenvalue weighted by Gasteiger charge is -2.12. The van der Waals surface area contributed by atoms with E-state index in [-0.39, 0.29) is 34.7 Å². The molecule has 1 saturated heterocycles. The summed E-state index contributed by atoms with van der Waals surface area (Å²) in [5.74, 6) is -0.958. The van der Waals surface area contributed by atoms with Crippen LogP contribution in [0.15, 0.2) is 18.2 Å². The van der Waals surface area contributed by atoms with Crippen LogP contribution in [0.5, 0.6) is 0 Å². The van der Waals surface area contributed by atoms with Gasteiger partial charge in [0.15, 0.2) is 0 Å². The maximum atomic E-state index is 13.1. The standard InChI is InChI=1S/C13H16ClFN2O3S/c1-17-7-9(4-13(17)18)6-16-21(19,20)8-10-5-11(15)2-3-12(10)14/h2-3,5,9,16H,4,6-8H2,1H3.